The Bertz CT molecular complexity index is 811. The summed E-state index contributed by atoms with van der Waals surface area (Å²) < 4.78 is 0. The molecule has 0 unspecified atom stereocenters. The summed E-state index contributed by atoms with van der Waals surface area (Å²) in [5.41, 5.74) is -0.361. The van der Waals surface area contributed by atoms with Crippen LogP contribution in [0.2, 0.25) is 0 Å². The van der Waals surface area contributed by atoms with Crippen LogP contribution in [0.1, 0.15) is 18.2 Å². The molecule has 0 radical (unpaired) electrons. The molecule has 1 aromatic carbocycles. The van der Waals surface area contributed by atoms with Crippen molar-refractivity contribution in [3.05, 3.63) is 23.4 Å². The number of benzene rings is 1. The Balaban J connectivity index is 2.31. The maximum Gasteiger partial charge on any atom is 0.329 e. The van der Waals surface area contributed by atoms with Crippen LogP contribution in [0.25, 0.3) is 10.9 Å². The molecule has 22 heavy (non-hydrogen) atoms. The van der Waals surface area contributed by atoms with Gasteiger partial charge >= 0.3 is 11.9 Å². The van der Waals surface area contributed by atoms with Gasteiger partial charge in [0.2, 0.25) is 0 Å². The zero-order valence-corrected chi connectivity index (χ0v) is 11.5. The Morgan fingerprint density at radius 2 is 1.86 bits per heavy atom. The second kappa shape index (κ2) is 4.38. The van der Waals surface area contributed by atoms with Crippen LogP contribution in [0, 0.1) is 0 Å². The Labute approximate surface area is 124 Å². The van der Waals surface area contributed by atoms with Crippen molar-refractivity contribution in [2.24, 2.45) is 0 Å². The van der Waals surface area contributed by atoms with Gasteiger partial charge in [0.1, 0.15) is 6.04 Å². The van der Waals surface area contributed by atoms with Crippen molar-refractivity contribution < 1.29 is 30.0 Å². The molecule has 6 N–H and O–H groups in total. The zero-order valence-electron chi connectivity index (χ0n) is 11.5. The molecule has 8 heteroatoms. The Morgan fingerprint density at radius 3 is 2.45 bits per heavy atom. The molecular weight excluding hydrogens is 292 g/mol. The lowest BCUT2D eigenvalue weighted by molar-refractivity contribution is -0.148. The van der Waals surface area contributed by atoms with Crippen molar-refractivity contribution in [2.75, 3.05) is 0 Å². The summed E-state index contributed by atoms with van der Waals surface area (Å²) >= 11 is 0. The number of hydrogen-bond acceptors (Lipinski definition) is 5. The predicted molar refractivity (Wildman–Crippen MR) is 74.9 cm³/mol. The molecule has 0 amide bonds. The van der Waals surface area contributed by atoms with Gasteiger partial charge < -0.3 is 25.4 Å². The summed E-state index contributed by atoms with van der Waals surface area (Å²) in [5, 5.41) is 41.0. The average Bonchev–Trinajstić information content (AvgIpc) is 2.78. The first-order valence-corrected chi connectivity index (χ1v) is 6.55. The number of rotatable bonds is 2. The fourth-order valence-corrected chi connectivity index (χ4v) is 2.91. The number of aliphatic carboxylic acids is 2. The summed E-state index contributed by atoms with van der Waals surface area (Å²) in [6.07, 6.45) is 0.0672. The van der Waals surface area contributed by atoms with Crippen LogP contribution in [-0.4, -0.2) is 43.4 Å². The lowest BCUT2D eigenvalue weighted by atomic mass is 9.85. The lowest BCUT2D eigenvalue weighted by Gasteiger charge is -2.34. The van der Waals surface area contributed by atoms with E-state index < -0.39 is 23.5 Å². The first-order chi connectivity index (χ1) is 10.2. The number of nitrogens with one attached hydrogen (secondary N) is 2. The highest BCUT2D eigenvalue weighted by atomic mass is 16.4. The van der Waals surface area contributed by atoms with Crippen molar-refractivity contribution in [2.45, 2.75) is 24.9 Å². The van der Waals surface area contributed by atoms with Crippen LogP contribution in [-0.2, 0) is 21.5 Å². The Kier molecular flexibility index (Phi) is 2.83. The first kappa shape index (κ1) is 14.2. The number of carboxylic acids is 2. The number of hydrogen-bond donors (Lipinski definition) is 6. The van der Waals surface area contributed by atoms with E-state index in [0.717, 1.165) is 0 Å². The van der Waals surface area contributed by atoms with E-state index in [4.69, 9.17) is 0 Å². The molecule has 1 aliphatic rings. The predicted octanol–water partition coefficient (Wildman–Crippen LogP) is 0.478. The second-order valence-corrected chi connectivity index (χ2v) is 5.53. The van der Waals surface area contributed by atoms with E-state index in [2.05, 4.69) is 10.3 Å². The minimum atomic E-state index is -1.61. The molecule has 0 fully saturated rings. The number of phenols is 2. The highest BCUT2D eigenvalue weighted by Gasteiger charge is 2.46. The zero-order chi connectivity index (χ0) is 16.2. The van der Waals surface area contributed by atoms with Crippen LogP contribution in [0.15, 0.2) is 12.1 Å². The summed E-state index contributed by atoms with van der Waals surface area (Å²) in [5.74, 6) is -3.07. The fourth-order valence-electron chi connectivity index (χ4n) is 2.91. The van der Waals surface area contributed by atoms with Crippen molar-refractivity contribution in [3.63, 3.8) is 0 Å². The maximum absolute atomic E-state index is 11.6. The number of H-pyrrole nitrogens is 1. The van der Waals surface area contributed by atoms with Gasteiger partial charge in [-0.1, -0.05) is 0 Å². The lowest BCUT2D eigenvalue weighted by Crippen LogP contribution is -2.58. The SMILES string of the molecule is C[C@@]1(C(=O)O)N[C@@H](C(=O)O)Cc2c1[nH]c1cc(O)c(O)cc21. The van der Waals surface area contributed by atoms with E-state index in [1.54, 1.807) is 0 Å². The molecule has 1 aromatic heterocycles. The smallest absolute Gasteiger partial charge is 0.329 e. The van der Waals surface area contributed by atoms with E-state index in [0.29, 0.717) is 22.2 Å². The van der Waals surface area contributed by atoms with Crippen LogP contribution < -0.4 is 5.32 Å². The minimum Gasteiger partial charge on any atom is -0.504 e. The highest BCUT2D eigenvalue weighted by molar-refractivity contribution is 5.93. The molecule has 3 rings (SSSR count). The summed E-state index contributed by atoms with van der Waals surface area (Å²) in [6.45, 7) is 1.37. The number of carbonyl (C=O) groups is 2. The van der Waals surface area contributed by atoms with Gasteiger partial charge in [-0.15, -0.1) is 0 Å². The van der Waals surface area contributed by atoms with Crippen LogP contribution in [0.3, 0.4) is 0 Å². The number of aromatic nitrogens is 1. The summed E-state index contributed by atoms with van der Waals surface area (Å²) in [7, 11) is 0. The third kappa shape index (κ3) is 1.81. The molecule has 0 saturated carbocycles. The van der Waals surface area contributed by atoms with E-state index in [-0.39, 0.29) is 17.9 Å². The quantitative estimate of drug-likeness (QED) is 0.443. The third-order valence-electron chi connectivity index (χ3n) is 4.10. The van der Waals surface area contributed by atoms with Crippen LogP contribution in [0.5, 0.6) is 11.5 Å². The van der Waals surface area contributed by atoms with Crippen molar-refractivity contribution in [3.8, 4) is 11.5 Å². The average molecular weight is 306 g/mol. The van der Waals surface area contributed by atoms with Gasteiger partial charge in [-0.05, 0) is 18.6 Å². The maximum atomic E-state index is 11.6. The van der Waals surface area contributed by atoms with E-state index in [9.17, 15) is 30.0 Å². The van der Waals surface area contributed by atoms with Gasteiger partial charge in [-0.2, -0.15) is 0 Å². The standard InChI is InChI=1S/C14H14N2O6/c1-14(13(21)22)11-6(2-8(16-14)12(19)20)5-3-9(17)10(18)4-7(5)15-11/h3-4,8,15-18H,2H2,1H3,(H,19,20)(H,21,22)/t8-,14-/m1/s1. The molecule has 0 saturated heterocycles. The summed E-state index contributed by atoms with van der Waals surface area (Å²) in [4.78, 5) is 25.9. The first-order valence-electron chi connectivity index (χ1n) is 6.55. The molecule has 2 heterocycles. The number of aromatic amines is 1. The number of aromatic hydroxyl groups is 2. The monoisotopic (exact) mass is 306 g/mol. The number of phenolic OH excluding ortho intramolecular Hbond substituents is 2. The largest absolute Gasteiger partial charge is 0.504 e. The topological polar surface area (TPSA) is 143 Å². The molecule has 0 aliphatic carbocycles. The van der Waals surface area contributed by atoms with E-state index >= 15 is 0 Å². The molecule has 116 valence electrons. The molecule has 0 spiro atoms. The molecule has 2 atom stereocenters. The van der Waals surface area contributed by atoms with Gasteiger partial charge in [-0.3, -0.25) is 10.1 Å². The van der Waals surface area contributed by atoms with Crippen LogP contribution in [0.4, 0.5) is 0 Å². The van der Waals surface area contributed by atoms with Crippen molar-refractivity contribution in [1.29, 1.82) is 0 Å². The Hall–Kier alpha value is -2.74. The molecule has 8 nitrogen and oxygen atoms in total. The van der Waals surface area contributed by atoms with E-state index in [1.165, 1.54) is 19.1 Å². The molecule has 2 aromatic rings. The highest BCUT2D eigenvalue weighted by Crippen LogP contribution is 2.39. The van der Waals surface area contributed by atoms with Crippen molar-refractivity contribution in [1.82, 2.24) is 10.3 Å². The third-order valence-corrected chi connectivity index (χ3v) is 4.10. The second-order valence-electron chi connectivity index (χ2n) is 5.53. The number of carboxylic acid groups (broad SMARTS) is 2. The minimum absolute atomic E-state index is 0.0672. The Morgan fingerprint density at radius 1 is 1.23 bits per heavy atom. The van der Waals surface area contributed by atoms with Crippen LogP contribution >= 0.6 is 0 Å². The van der Waals surface area contributed by atoms with Gasteiger partial charge in [-0.25, -0.2) is 4.79 Å². The van der Waals surface area contributed by atoms with Gasteiger partial charge in [0, 0.05) is 23.4 Å². The van der Waals surface area contributed by atoms with Crippen molar-refractivity contribution >= 4 is 22.8 Å². The fraction of sp³-hybridized carbons (Fsp3) is 0.286. The number of fused-ring (bicyclic) bond motifs is 3. The summed E-state index contributed by atoms with van der Waals surface area (Å²) in [6, 6.07) is 1.51. The van der Waals surface area contributed by atoms with Gasteiger partial charge in [0.05, 0.1) is 5.69 Å². The normalized spacial score (nSPS) is 24.1. The molecule has 1 aliphatic heterocycles. The molecule has 0 bridgehead atoms. The van der Waals surface area contributed by atoms with Gasteiger partial charge in [0.15, 0.2) is 17.0 Å². The molecular formula is C14H14N2O6. The van der Waals surface area contributed by atoms with Gasteiger partial charge in [0.25, 0.3) is 0 Å². The van der Waals surface area contributed by atoms with E-state index in [1.807, 2.05) is 0 Å².